The maximum Gasteiger partial charge on any atom is 0.341 e. The number of hydrogen-bond acceptors (Lipinski definition) is 7. The van der Waals surface area contributed by atoms with Crippen LogP contribution in [-0.2, 0) is 25.5 Å². The Hall–Kier alpha value is -3.48. The zero-order valence-electron chi connectivity index (χ0n) is 18.0. The summed E-state index contributed by atoms with van der Waals surface area (Å²) < 4.78 is 40.4. The lowest BCUT2D eigenvalue weighted by Crippen LogP contribution is -2.35. The second kappa shape index (κ2) is 9.77. The summed E-state index contributed by atoms with van der Waals surface area (Å²) in [6, 6.07) is 9.83. The number of carbonyl (C=O) groups is 1. The molecule has 0 saturated carbocycles. The molecule has 0 unspecified atom stereocenters. The number of rotatable bonds is 8. The first-order chi connectivity index (χ1) is 15.2. The summed E-state index contributed by atoms with van der Waals surface area (Å²) in [5.74, 6) is 5.49. The van der Waals surface area contributed by atoms with Crippen LogP contribution in [0.4, 0.5) is 0 Å². The van der Waals surface area contributed by atoms with E-state index < -0.39 is 22.1 Å². The maximum absolute atomic E-state index is 12.5. The van der Waals surface area contributed by atoms with Gasteiger partial charge in [0.15, 0.2) is 0 Å². The molecule has 9 heteroatoms. The van der Waals surface area contributed by atoms with Crippen LogP contribution in [0.25, 0.3) is 10.9 Å². The summed E-state index contributed by atoms with van der Waals surface area (Å²) in [6.45, 7) is 3.73. The van der Waals surface area contributed by atoms with Gasteiger partial charge in [0, 0.05) is 23.0 Å². The Morgan fingerprint density at radius 2 is 1.84 bits per heavy atom. The number of methoxy groups -OCH3 is 1. The van der Waals surface area contributed by atoms with Crippen LogP contribution in [0, 0.1) is 18.8 Å². The van der Waals surface area contributed by atoms with Crippen molar-refractivity contribution in [3.05, 3.63) is 53.7 Å². The zero-order valence-corrected chi connectivity index (χ0v) is 18.8. The number of aryl methyl sites for hydroxylation is 1. The number of ether oxygens (including phenoxy) is 2. The van der Waals surface area contributed by atoms with Gasteiger partial charge in [-0.05, 0) is 61.9 Å². The molecule has 32 heavy (non-hydrogen) atoms. The minimum absolute atomic E-state index is 0.0958. The largest absolute Gasteiger partial charge is 0.497 e. The molecule has 3 aromatic rings. The van der Waals surface area contributed by atoms with E-state index in [1.54, 1.807) is 14.0 Å². The van der Waals surface area contributed by atoms with Crippen molar-refractivity contribution in [2.45, 2.75) is 31.2 Å². The van der Waals surface area contributed by atoms with E-state index in [9.17, 15) is 13.2 Å². The van der Waals surface area contributed by atoms with Gasteiger partial charge < -0.3 is 24.4 Å². The molecular weight excluding hydrogens is 432 g/mol. The van der Waals surface area contributed by atoms with E-state index in [-0.39, 0.29) is 17.9 Å². The molecule has 0 amide bonds. The molecule has 168 valence electrons. The number of carbonyl (C=O) groups excluding carboxylic acids is 1. The van der Waals surface area contributed by atoms with Gasteiger partial charge in [0.1, 0.15) is 29.0 Å². The van der Waals surface area contributed by atoms with Gasteiger partial charge in [-0.25, -0.2) is 4.79 Å². The number of aromatic amines is 1. The molecule has 1 heterocycles. The number of hydrogen-bond donors (Lipinski definition) is 2. The topological polar surface area (TPSA) is 121 Å². The van der Waals surface area contributed by atoms with E-state index in [0.717, 1.165) is 22.2 Å². The van der Waals surface area contributed by atoms with E-state index in [1.807, 2.05) is 25.1 Å². The average molecular weight is 457 g/mol. The lowest BCUT2D eigenvalue weighted by molar-refractivity contribution is -0.135. The summed E-state index contributed by atoms with van der Waals surface area (Å²) in [7, 11) is -2.77. The fraction of sp³-hybridized carbons (Fsp3) is 0.261. The van der Waals surface area contributed by atoms with Gasteiger partial charge in [-0.15, -0.1) is 5.92 Å². The van der Waals surface area contributed by atoms with Crippen LogP contribution in [0.15, 0.2) is 47.4 Å². The second-order valence-corrected chi connectivity index (χ2v) is 8.54. The third-order valence-electron chi connectivity index (χ3n) is 4.85. The Bertz CT molecular complexity index is 1280. The first-order valence-corrected chi connectivity index (χ1v) is 11.2. The highest BCUT2D eigenvalue weighted by atomic mass is 32.2. The SMILES string of the molecule is CC#CCOc1ccc(S(=O)(=O)OC(=O)[C@@H](N)Cc2c(C)[nH]c3ccc(OC)cc23)cc1. The first kappa shape index (κ1) is 23.2. The number of nitrogens with two attached hydrogens (primary N) is 1. The molecule has 0 aliphatic heterocycles. The monoisotopic (exact) mass is 456 g/mol. The minimum Gasteiger partial charge on any atom is -0.497 e. The van der Waals surface area contributed by atoms with E-state index >= 15 is 0 Å². The molecule has 8 nitrogen and oxygen atoms in total. The van der Waals surface area contributed by atoms with Crippen molar-refractivity contribution in [2.24, 2.45) is 5.73 Å². The van der Waals surface area contributed by atoms with Crippen LogP contribution < -0.4 is 15.2 Å². The number of H-pyrrole nitrogens is 1. The molecular formula is C23H24N2O6S. The summed E-state index contributed by atoms with van der Waals surface area (Å²) in [4.78, 5) is 15.5. The Balaban J connectivity index is 1.71. The fourth-order valence-corrected chi connectivity index (χ4v) is 4.07. The van der Waals surface area contributed by atoms with Crippen LogP contribution in [0.5, 0.6) is 11.5 Å². The molecule has 0 bridgehead atoms. The summed E-state index contributed by atoms with van der Waals surface area (Å²) in [6.07, 6.45) is 0.0958. The predicted octanol–water partition coefficient (Wildman–Crippen LogP) is 2.69. The van der Waals surface area contributed by atoms with Gasteiger partial charge in [-0.1, -0.05) is 5.92 Å². The summed E-state index contributed by atoms with van der Waals surface area (Å²) in [5, 5.41) is 0.844. The Kier molecular flexibility index (Phi) is 7.08. The van der Waals surface area contributed by atoms with Crippen LogP contribution in [-0.4, -0.2) is 39.1 Å². The highest BCUT2D eigenvalue weighted by Gasteiger charge is 2.26. The Morgan fingerprint density at radius 1 is 1.16 bits per heavy atom. The fourth-order valence-electron chi connectivity index (χ4n) is 3.17. The quantitative estimate of drug-likeness (QED) is 0.395. The molecule has 0 aliphatic carbocycles. The van der Waals surface area contributed by atoms with Crippen molar-refractivity contribution >= 4 is 27.0 Å². The second-order valence-electron chi connectivity index (χ2n) is 6.99. The van der Waals surface area contributed by atoms with Crippen molar-refractivity contribution in [3.63, 3.8) is 0 Å². The van der Waals surface area contributed by atoms with Crippen molar-refractivity contribution in [1.82, 2.24) is 4.98 Å². The molecule has 1 aromatic heterocycles. The van der Waals surface area contributed by atoms with Gasteiger partial charge in [0.05, 0.1) is 7.11 Å². The van der Waals surface area contributed by atoms with E-state index in [0.29, 0.717) is 11.5 Å². The van der Waals surface area contributed by atoms with E-state index in [4.69, 9.17) is 19.4 Å². The number of aromatic nitrogens is 1. The van der Waals surface area contributed by atoms with Crippen molar-refractivity contribution in [2.75, 3.05) is 13.7 Å². The number of benzene rings is 2. The highest BCUT2D eigenvalue weighted by Crippen LogP contribution is 2.27. The van der Waals surface area contributed by atoms with Crippen molar-refractivity contribution in [1.29, 1.82) is 0 Å². The zero-order chi connectivity index (χ0) is 23.3. The van der Waals surface area contributed by atoms with Crippen molar-refractivity contribution in [3.8, 4) is 23.3 Å². The molecule has 0 saturated heterocycles. The summed E-state index contributed by atoms with van der Waals surface area (Å²) in [5.41, 5.74) is 8.47. The van der Waals surface area contributed by atoms with Gasteiger partial charge in [-0.3, -0.25) is 0 Å². The molecule has 0 fully saturated rings. The van der Waals surface area contributed by atoms with Crippen LogP contribution >= 0.6 is 0 Å². The molecule has 0 radical (unpaired) electrons. The van der Waals surface area contributed by atoms with Crippen LogP contribution in [0.2, 0.25) is 0 Å². The first-order valence-electron chi connectivity index (χ1n) is 9.76. The molecule has 3 rings (SSSR count). The minimum atomic E-state index is -4.33. The van der Waals surface area contributed by atoms with E-state index in [2.05, 4.69) is 16.8 Å². The standard InChI is InChI=1S/C23H24N2O6S/c1-4-5-12-30-16-6-9-18(10-7-16)32(27,28)31-23(26)21(24)14-19-15(2)25-22-11-8-17(29-3)13-20(19)22/h6-11,13,21,25H,12,14,24H2,1-3H3/t21-/m0/s1. The third kappa shape index (κ3) is 5.22. The lowest BCUT2D eigenvalue weighted by atomic mass is 10.0. The average Bonchev–Trinajstić information content (AvgIpc) is 3.08. The number of nitrogens with one attached hydrogen (secondary N) is 1. The van der Waals surface area contributed by atoms with Gasteiger partial charge >= 0.3 is 16.1 Å². The summed E-state index contributed by atoms with van der Waals surface area (Å²) >= 11 is 0. The lowest BCUT2D eigenvalue weighted by Gasteiger charge is -2.12. The maximum atomic E-state index is 12.5. The smallest absolute Gasteiger partial charge is 0.341 e. The van der Waals surface area contributed by atoms with Crippen LogP contribution in [0.3, 0.4) is 0 Å². The Labute approximate surface area is 186 Å². The van der Waals surface area contributed by atoms with Crippen molar-refractivity contribution < 1.29 is 26.9 Å². The normalized spacial score (nSPS) is 12.0. The molecule has 1 atom stereocenters. The van der Waals surface area contributed by atoms with Gasteiger partial charge in [-0.2, -0.15) is 8.42 Å². The Morgan fingerprint density at radius 3 is 2.50 bits per heavy atom. The van der Waals surface area contributed by atoms with Gasteiger partial charge in [0.25, 0.3) is 0 Å². The highest BCUT2D eigenvalue weighted by molar-refractivity contribution is 7.87. The number of fused-ring (bicyclic) bond motifs is 1. The molecule has 0 spiro atoms. The van der Waals surface area contributed by atoms with Gasteiger partial charge in [0.2, 0.25) is 0 Å². The molecule has 2 aromatic carbocycles. The predicted molar refractivity (Wildman–Crippen MR) is 120 cm³/mol. The molecule has 0 aliphatic rings. The van der Waals surface area contributed by atoms with Crippen LogP contribution in [0.1, 0.15) is 18.2 Å². The molecule has 3 N–H and O–H groups in total. The van der Waals surface area contributed by atoms with E-state index in [1.165, 1.54) is 24.3 Å². The third-order valence-corrected chi connectivity index (χ3v) is 6.08.